The molecule has 5 heteroatoms. The van der Waals surface area contributed by atoms with Gasteiger partial charge < -0.3 is 4.52 Å². The fourth-order valence-electron chi connectivity index (χ4n) is 3.11. The molecule has 1 aliphatic rings. The van der Waals surface area contributed by atoms with Crippen LogP contribution in [0.5, 0.6) is 5.75 Å². The summed E-state index contributed by atoms with van der Waals surface area (Å²) in [6, 6.07) is 14.0. The summed E-state index contributed by atoms with van der Waals surface area (Å²) >= 11 is 0. The minimum Gasteiger partial charge on any atom is -0.404 e. The maximum atomic E-state index is 13.4. The fraction of sp³-hybridized carbons (Fsp3) is 0.391. The summed E-state index contributed by atoms with van der Waals surface area (Å²) in [5.41, 5.74) is 3.28. The lowest BCUT2D eigenvalue weighted by Gasteiger charge is -2.31. The van der Waals surface area contributed by atoms with E-state index in [2.05, 4.69) is 24.3 Å². The Labute approximate surface area is 168 Å². The number of phosphoric ester groups is 1. The van der Waals surface area contributed by atoms with Gasteiger partial charge in [0.25, 0.3) is 0 Å². The molecular weight excluding hydrogens is 371 g/mol. The Hall–Kier alpha value is -1.87. The fourth-order valence-corrected chi connectivity index (χ4v) is 4.94. The molecule has 3 rings (SSSR count). The van der Waals surface area contributed by atoms with E-state index in [1.165, 1.54) is 11.1 Å². The summed E-state index contributed by atoms with van der Waals surface area (Å²) in [5.74, 6) is 0.475. The third-order valence-electron chi connectivity index (χ3n) is 3.95. The minimum absolute atomic E-state index is 0.475. The van der Waals surface area contributed by atoms with E-state index in [1.807, 2.05) is 71.9 Å². The molecule has 0 unspecified atom stereocenters. The molecule has 2 aromatic rings. The van der Waals surface area contributed by atoms with Crippen LogP contribution in [0.25, 0.3) is 17.2 Å². The van der Waals surface area contributed by atoms with Gasteiger partial charge in [0, 0.05) is 0 Å². The van der Waals surface area contributed by atoms with Crippen LogP contribution in [0.3, 0.4) is 0 Å². The van der Waals surface area contributed by atoms with Crippen molar-refractivity contribution < 1.29 is 18.1 Å². The average Bonchev–Trinajstić information content (AvgIpc) is 2.69. The lowest BCUT2D eigenvalue weighted by Crippen LogP contribution is -2.25. The number of rotatable bonds is 4. The Morgan fingerprint density at radius 2 is 1.50 bits per heavy atom. The first-order valence-corrected chi connectivity index (χ1v) is 11.0. The van der Waals surface area contributed by atoms with Crippen LogP contribution in [-0.2, 0) is 20.0 Å². The monoisotopic (exact) mass is 400 g/mol. The predicted molar refractivity (Wildman–Crippen MR) is 115 cm³/mol. The van der Waals surface area contributed by atoms with Gasteiger partial charge in [-0.3, -0.25) is 9.05 Å². The van der Waals surface area contributed by atoms with Crippen LogP contribution in [0.1, 0.15) is 52.7 Å². The highest BCUT2D eigenvalue weighted by Gasteiger charge is 2.38. The third-order valence-corrected chi connectivity index (χ3v) is 5.93. The predicted octanol–water partition coefficient (Wildman–Crippen LogP) is 7.04. The van der Waals surface area contributed by atoms with Crippen molar-refractivity contribution in [1.82, 2.24) is 0 Å². The zero-order valence-corrected chi connectivity index (χ0v) is 18.4. The molecule has 0 saturated carbocycles. The lowest BCUT2D eigenvalue weighted by atomic mass is 9.96. The Morgan fingerprint density at radius 3 is 2.14 bits per heavy atom. The van der Waals surface area contributed by atoms with Crippen molar-refractivity contribution in [2.45, 2.75) is 59.2 Å². The summed E-state index contributed by atoms with van der Waals surface area (Å²) in [4.78, 5) is 0. The van der Waals surface area contributed by atoms with E-state index in [4.69, 9.17) is 13.6 Å². The molecule has 0 aromatic heterocycles. The summed E-state index contributed by atoms with van der Waals surface area (Å²) in [7, 11) is -3.82. The standard InChI is InChI=1S/C23H29O4P/c1-22(2,3)26-28(24,27-23(4,5)6)25-19-14-15-21-18(16-19)12-9-11-17-10-7-8-13-20(17)21/h7-11,13-16H,12H2,1-6H3. The number of benzene rings is 2. The normalized spacial score (nSPS) is 14.2. The summed E-state index contributed by atoms with van der Waals surface area (Å²) in [6.45, 7) is 11.0. The van der Waals surface area contributed by atoms with Crippen molar-refractivity contribution in [3.05, 3.63) is 59.7 Å². The molecule has 4 nitrogen and oxygen atoms in total. The van der Waals surface area contributed by atoms with Crippen molar-refractivity contribution in [2.24, 2.45) is 0 Å². The van der Waals surface area contributed by atoms with Crippen molar-refractivity contribution >= 4 is 13.9 Å². The molecule has 0 radical (unpaired) electrons. The molecular formula is C23H29O4P. The molecule has 150 valence electrons. The highest BCUT2D eigenvalue weighted by atomic mass is 31.2. The number of hydrogen-bond donors (Lipinski definition) is 0. The van der Waals surface area contributed by atoms with Gasteiger partial charge in [-0.1, -0.05) is 42.5 Å². The molecule has 0 heterocycles. The van der Waals surface area contributed by atoms with Crippen LogP contribution in [0.4, 0.5) is 0 Å². The third kappa shape index (κ3) is 5.35. The molecule has 0 aliphatic heterocycles. The van der Waals surface area contributed by atoms with Gasteiger partial charge in [0.1, 0.15) is 5.75 Å². The van der Waals surface area contributed by atoms with Gasteiger partial charge in [0.15, 0.2) is 0 Å². The molecule has 28 heavy (non-hydrogen) atoms. The number of phosphoric acid groups is 1. The first-order valence-electron chi connectivity index (χ1n) is 9.54. The van der Waals surface area contributed by atoms with Gasteiger partial charge in [-0.05, 0) is 82.3 Å². The Bertz CT molecular complexity index is 912. The maximum absolute atomic E-state index is 13.4. The van der Waals surface area contributed by atoms with Crippen LogP contribution in [0.15, 0.2) is 48.5 Å². The lowest BCUT2D eigenvalue weighted by molar-refractivity contribution is 0.0224. The zero-order valence-electron chi connectivity index (χ0n) is 17.5. The zero-order chi connectivity index (χ0) is 20.6. The van der Waals surface area contributed by atoms with Gasteiger partial charge >= 0.3 is 7.82 Å². The largest absolute Gasteiger partial charge is 0.531 e. The number of hydrogen-bond acceptors (Lipinski definition) is 4. The average molecular weight is 400 g/mol. The Balaban J connectivity index is 1.95. The maximum Gasteiger partial charge on any atom is 0.531 e. The molecule has 0 spiro atoms. The summed E-state index contributed by atoms with van der Waals surface area (Å²) in [6.07, 6.45) is 5.03. The molecule has 0 atom stereocenters. The van der Waals surface area contributed by atoms with Crippen molar-refractivity contribution in [2.75, 3.05) is 0 Å². The Morgan fingerprint density at radius 1 is 0.857 bits per heavy atom. The second-order valence-corrected chi connectivity index (χ2v) is 10.4. The van der Waals surface area contributed by atoms with Crippen LogP contribution in [0.2, 0.25) is 0 Å². The molecule has 0 fully saturated rings. The molecule has 0 saturated heterocycles. The number of fused-ring (bicyclic) bond motifs is 3. The first kappa shape index (κ1) is 20.9. The van der Waals surface area contributed by atoms with Crippen LogP contribution < -0.4 is 4.52 Å². The smallest absolute Gasteiger partial charge is 0.404 e. The van der Waals surface area contributed by atoms with Crippen molar-refractivity contribution in [3.63, 3.8) is 0 Å². The number of allylic oxidation sites excluding steroid dienone is 1. The van der Waals surface area contributed by atoms with Gasteiger partial charge in [0.2, 0.25) is 0 Å². The van der Waals surface area contributed by atoms with E-state index in [1.54, 1.807) is 0 Å². The van der Waals surface area contributed by atoms with Crippen LogP contribution in [0, 0.1) is 0 Å². The first-order chi connectivity index (χ1) is 12.9. The highest BCUT2D eigenvalue weighted by molar-refractivity contribution is 7.49. The summed E-state index contributed by atoms with van der Waals surface area (Å²) in [5, 5.41) is 0. The molecule has 0 N–H and O–H groups in total. The SMILES string of the molecule is CC(C)(C)OP(=O)(Oc1ccc2c(c1)CC=Cc1ccccc1-2)OC(C)(C)C. The quantitative estimate of drug-likeness (QED) is 0.516. The van der Waals surface area contributed by atoms with E-state index < -0.39 is 19.0 Å². The second kappa shape index (κ2) is 7.51. The van der Waals surface area contributed by atoms with Gasteiger partial charge in [-0.15, -0.1) is 0 Å². The van der Waals surface area contributed by atoms with Crippen molar-refractivity contribution in [1.29, 1.82) is 0 Å². The highest BCUT2D eigenvalue weighted by Crippen LogP contribution is 2.55. The molecule has 1 aliphatic carbocycles. The van der Waals surface area contributed by atoms with E-state index in [0.717, 1.165) is 17.5 Å². The molecule has 0 amide bonds. The Kier molecular flexibility index (Phi) is 5.60. The van der Waals surface area contributed by atoms with Gasteiger partial charge in [0.05, 0.1) is 11.2 Å². The van der Waals surface area contributed by atoms with Crippen LogP contribution in [-0.4, -0.2) is 11.2 Å². The summed E-state index contributed by atoms with van der Waals surface area (Å²) < 4.78 is 30.7. The second-order valence-electron chi connectivity index (χ2n) is 8.96. The minimum atomic E-state index is -3.82. The molecule has 0 bridgehead atoms. The molecule has 2 aromatic carbocycles. The van der Waals surface area contributed by atoms with E-state index >= 15 is 0 Å². The van der Waals surface area contributed by atoms with E-state index in [0.29, 0.717) is 5.75 Å². The van der Waals surface area contributed by atoms with E-state index in [-0.39, 0.29) is 0 Å². The topological polar surface area (TPSA) is 44.8 Å². The van der Waals surface area contributed by atoms with Crippen LogP contribution >= 0.6 is 7.82 Å². The van der Waals surface area contributed by atoms with E-state index in [9.17, 15) is 4.57 Å². The van der Waals surface area contributed by atoms with Crippen molar-refractivity contribution in [3.8, 4) is 16.9 Å². The van der Waals surface area contributed by atoms with Gasteiger partial charge in [-0.25, -0.2) is 4.57 Å². The van der Waals surface area contributed by atoms with Gasteiger partial charge in [-0.2, -0.15) is 0 Å².